The van der Waals surface area contributed by atoms with Crippen LogP contribution in [0.2, 0.25) is 0 Å². The van der Waals surface area contributed by atoms with Gasteiger partial charge in [-0.2, -0.15) is 4.57 Å². The van der Waals surface area contributed by atoms with E-state index < -0.39 is 0 Å². The van der Waals surface area contributed by atoms with Crippen LogP contribution in [0.25, 0.3) is 21.5 Å². The molecule has 0 aliphatic heterocycles. The lowest BCUT2D eigenvalue weighted by Crippen LogP contribution is -2.36. The fraction of sp³-hybridized carbons (Fsp3) is 0.0500. The first-order valence-electron chi connectivity index (χ1n) is 7.35. The molecule has 4 rings (SSSR count). The quantitative estimate of drug-likeness (QED) is 0.277. The van der Waals surface area contributed by atoms with Gasteiger partial charge in [0.05, 0.1) is 5.56 Å². The molecule has 106 valence electrons. The summed E-state index contributed by atoms with van der Waals surface area (Å²) in [5, 5.41) is 4.85. The van der Waals surface area contributed by atoms with E-state index in [-0.39, 0.29) is 5.50 Å². The summed E-state index contributed by atoms with van der Waals surface area (Å²) in [6, 6.07) is 25.1. The number of pyridine rings is 1. The Balaban J connectivity index is 2.08. The molecule has 0 aliphatic rings. The van der Waals surface area contributed by atoms with E-state index in [1.54, 1.807) is 0 Å². The molecule has 2 heteroatoms. The summed E-state index contributed by atoms with van der Waals surface area (Å²) in [6.45, 7) is 0. The lowest BCUT2D eigenvalue weighted by Gasteiger charge is -2.13. The first-order chi connectivity index (χ1) is 10.8. The van der Waals surface area contributed by atoms with Crippen LogP contribution < -0.4 is 4.57 Å². The van der Waals surface area contributed by atoms with Crippen LogP contribution in [0, 0.1) is 0 Å². The van der Waals surface area contributed by atoms with Gasteiger partial charge in [-0.15, -0.1) is 0 Å². The van der Waals surface area contributed by atoms with Gasteiger partial charge in [0.1, 0.15) is 0 Å². The molecule has 1 unspecified atom stereocenters. The highest BCUT2D eigenvalue weighted by molar-refractivity contribution is 6.22. The third-order valence-electron chi connectivity index (χ3n) is 4.05. The number of aromatic nitrogens is 1. The van der Waals surface area contributed by atoms with Crippen LogP contribution >= 0.6 is 11.6 Å². The van der Waals surface area contributed by atoms with Gasteiger partial charge in [-0.1, -0.05) is 54.6 Å². The Morgan fingerprint density at radius 3 is 1.82 bits per heavy atom. The van der Waals surface area contributed by atoms with Gasteiger partial charge >= 0.3 is 0 Å². The van der Waals surface area contributed by atoms with Gasteiger partial charge < -0.3 is 0 Å². The van der Waals surface area contributed by atoms with Crippen molar-refractivity contribution in [3.8, 4) is 0 Å². The van der Waals surface area contributed by atoms with E-state index in [1.165, 1.54) is 21.5 Å². The SMILES string of the molecule is ClC(c1c2ccccc2cc2ccccc12)[n+]1ccccc1. The van der Waals surface area contributed by atoms with E-state index in [4.69, 9.17) is 11.6 Å². The molecular formula is C20H15ClN+. The lowest BCUT2D eigenvalue weighted by molar-refractivity contribution is -0.693. The zero-order valence-electron chi connectivity index (χ0n) is 12.0. The summed E-state index contributed by atoms with van der Waals surface area (Å²) in [6.07, 6.45) is 4.02. The molecule has 0 radical (unpaired) electrons. The Morgan fingerprint density at radius 2 is 1.23 bits per heavy atom. The van der Waals surface area contributed by atoms with E-state index in [0.29, 0.717) is 0 Å². The first-order valence-corrected chi connectivity index (χ1v) is 7.78. The van der Waals surface area contributed by atoms with E-state index >= 15 is 0 Å². The average molecular weight is 305 g/mol. The van der Waals surface area contributed by atoms with Gasteiger partial charge in [-0.05, 0) is 39.2 Å². The van der Waals surface area contributed by atoms with Gasteiger partial charge in [0, 0.05) is 12.1 Å². The maximum absolute atomic E-state index is 6.85. The lowest BCUT2D eigenvalue weighted by atomic mass is 9.96. The van der Waals surface area contributed by atoms with Crippen molar-refractivity contribution in [3.05, 3.63) is 90.8 Å². The number of alkyl halides is 1. The average Bonchev–Trinajstić information content (AvgIpc) is 2.60. The molecule has 1 atom stereocenters. The third kappa shape index (κ3) is 2.15. The smallest absolute Gasteiger partial charge is 0.184 e. The van der Waals surface area contributed by atoms with Crippen molar-refractivity contribution in [2.24, 2.45) is 0 Å². The van der Waals surface area contributed by atoms with Crippen LogP contribution in [0.3, 0.4) is 0 Å². The van der Waals surface area contributed by atoms with E-state index in [1.807, 2.05) is 35.2 Å². The molecule has 22 heavy (non-hydrogen) atoms. The summed E-state index contributed by atoms with van der Waals surface area (Å²) >= 11 is 6.85. The highest BCUT2D eigenvalue weighted by Crippen LogP contribution is 2.34. The second-order valence-corrected chi connectivity index (χ2v) is 5.80. The molecule has 0 fully saturated rings. The van der Waals surface area contributed by atoms with Crippen molar-refractivity contribution in [1.29, 1.82) is 0 Å². The third-order valence-corrected chi connectivity index (χ3v) is 4.50. The number of fused-ring (bicyclic) bond motifs is 2. The first kappa shape index (κ1) is 13.3. The van der Waals surface area contributed by atoms with Gasteiger partial charge in [-0.25, -0.2) is 0 Å². The van der Waals surface area contributed by atoms with Crippen molar-refractivity contribution in [3.63, 3.8) is 0 Å². The molecule has 0 spiro atoms. The monoisotopic (exact) mass is 304 g/mol. The van der Waals surface area contributed by atoms with Gasteiger partial charge in [-0.3, -0.25) is 0 Å². The zero-order valence-corrected chi connectivity index (χ0v) is 12.7. The Hall–Kier alpha value is -2.38. The van der Waals surface area contributed by atoms with Crippen LogP contribution in [-0.4, -0.2) is 0 Å². The van der Waals surface area contributed by atoms with Crippen molar-refractivity contribution in [2.45, 2.75) is 5.50 Å². The summed E-state index contributed by atoms with van der Waals surface area (Å²) in [7, 11) is 0. The van der Waals surface area contributed by atoms with Gasteiger partial charge in [0.15, 0.2) is 12.4 Å². The molecular weight excluding hydrogens is 290 g/mol. The van der Waals surface area contributed by atoms with Gasteiger partial charge in [0.2, 0.25) is 0 Å². The van der Waals surface area contributed by atoms with E-state index in [9.17, 15) is 0 Å². The second-order valence-electron chi connectivity index (χ2n) is 5.39. The molecule has 0 N–H and O–H groups in total. The molecule has 1 nitrogen and oxygen atoms in total. The van der Waals surface area contributed by atoms with Crippen molar-refractivity contribution < 1.29 is 4.57 Å². The standard InChI is InChI=1S/C20H15ClN/c21-20(22-12-6-1-7-13-22)19-17-10-4-2-8-15(17)14-16-9-3-5-11-18(16)19/h1-14,20H/q+1. The minimum Gasteiger partial charge on any atom is -0.184 e. The Morgan fingerprint density at radius 1 is 0.682 bits per heavy atom. The van der Waals surface area contributed by atoms with E-state index in [0.717, 1.165) is 5.56 Å². The molecule has 1 aromatic heterocycles. The number of hydrogen-bond acceptors (Lipinski definition) is 0. The fourth-order valence-electron chi connectivity index (χ4n) is 3.02. The Labute approximate surface area is 134 Å². The summed E-state index contributed by atoms with van der Waals surface area (Å²) in [5.74, 6) is 0. The van der Waals surface area contributed by atoms with E-state index in [2.05, 4.69) is 54.6 Å². The van der Waals surface area contributed by atoms with Crippen molar-refractivity contribution in [2.75, 3.05) is 0 Å². The van der Waals surface area contributed by atoms with Crippen LogP contribution in [0.5, 0.6) is 0 Å². The Bertz CT molecular complexity index is 893. The zero-order chi connectivity index (χ0) is 14.9. The topological polar surface area (TPSA) is 3.88 Å². The highest BCUT2D eigenvalue weighted by Gasteiger charge is 2.22. The number of benzene rings is 3. The molecule has 4 aromatic rings. The largest absolute Gasteiger partial charge is 0.259 e. The minimum atomic E-state index is -0.239. The number of rotatable bonds is 2. The fourth-order valence-corrected chi connectivity index (χ4v) is 3.38. The molecule has 0 saturated heterocycles. The normalized spacial score (nSPS) is 12.6. The molecule has 3 aromatic carbocycles. The maximum atomic E-state index is 6.85. The highest BCUT2D eigenvalue weighted by atomic mass is 35.5. The van der Waals surface area contributed by atoms with Crippen LogP contribution in [0.15, 0.2) is 85.2 Å². The van der Waals surface area contributed by atoms with Crippen LogP contribution in [0.1, 0.15) is 11.1 Å². The summed E-state index contributed by atoms with van der Waals surface area (Å²) in [4.78, 5) is 0. The predicted octanol–water partition coefficient (Wildman–Crippen LogP) is 5.07. The minimum absolute atomic E-state index is 0.239. The van der Waals surface area contributed by atoms with Crippen molar-refractivity contribution in [1.82, 2.24) is 0 Å². The second kappa shape index (κ2) is 5.43. The summed E-state index contributed by atoms with van der Waals surface area (Å²) in [5.41, 5.74) is 0.920. The molecule has 0 aliphatic carbocycles. The van der Waals surface area contributed by atoms with Gasteiger partial charge in [0.25, 0.3) is 5.50 Å². The van der Waals surface area contributed by atoms with Crippen LogP contribution in [0.4, 0.5) is 0 Å². The van der Waals surface area contributed by atoms with Crippen molar-refractivity contribution >= 4 is 33.1 Å². The Kier molecular flexibility index (Phi) is 3.28. The summed E-state index contributed by atoms with van der Waals surface area (Å²) < 4.78 is 2.04. The molecule has 0 amide bonds. The maximum Gasteiger partial charge on any atom is 0.259 e. The van der Waals surface area contributed by atoms with Crippen LogP contribution in [-0.2, 0) is 0 Å². The number of nitrogens with zero attached hydrogens (tertiary/aromatic N) is 1. The predicted molar refractivity (Wildman–Crippen MR) is 92.1 cm³/mol. The molecule has 0 bridgehead atoms. The molecule has 1 heterocycles. The number of halogens is 1. The molecule has 0 saturated carbocycles. The number of hydrogen-bond donors (Lipinski definition) is 0.